The Bertz CT molecular complexity index is 466. The van der Waals surface area contributed by atoms with Crippen LogP contribution in [0.2, 0.25) is 0 Å². The van der Waals surface area contributed by atoms with Crippen molar-refractivity contribution < 1.29 is 4.84 Å². The first-order chi connectivity index (χ1) is 7.99. The molecule has 0 fully saturated rings. The molecule has 1 aromatic rings. The summed E-state index contributed by atoms with van der Waals surface area (Å²) in [5.41, 5.74) is 6.05. The Labute approximate surface area is 108 Å². The number of halogens is 1. The molecule has 0 amide bonds. The van der Waals surface area contributed by atoms with E-state index in [2.05, 4.69) is 38.1 Å². The van der Waals surface area contributed by atoms with Crippen LogP contribution in [0.5, 0.6) is 0 Å². The van der Waals surface area contributed by atoms with Crippen molar-refractivity contribution in [1.29, 1.82) is 0 Å². The SMILES string of the molecule is Cc1cc(C)c(C2=NOC(C(C)Cl)C2)cc1C. The molecule has 0 N–H and O–H groups in total. The van der Waals surface area contributed by atoms with E-state index < -0.39 is 0 Å². The van der Waals surface area contributed by atoms with Gasteiger partial charge in [-0.2, -0.15) is 0 Å². The average Bonchev–Trinajstić information content (AvgIpc) is 2.72. The number of nitrogens with zero attached hydrogens (tertiary/aromatic N) is 1. The summed E-state index contributed by atoms with van der Waals surface area (Å²) in [5, 5.41) is 4.16. The quantitative estimate of drug-likeness (QED) is 0.734. The summed E-state index contributed by atoms with van der Waals surface area (Å²) in [6.45, 7) is 8.30. The fourth-order valence-corrected chi connectivity index (χ4v) is 2.21. The maximum atomic E-state index is 6.03. The van der Waals surface area contributed by atoms with Crippen LogP contribution in [0.3, 0.4) is 0 Å². The molecular weight excluding hydrogens is 234 g/mol. The maximum absolute atomic E-state index is 6.03. The molecular formula is C14H18ClNO. The second kappa shape index (κ2) is 4.69. The summed E-state index contributed by atoms with van der Waals surface area (Å²) < 4.78 is 0. The van der Waals surface area contributed by atoms with Gasteiger partial charge in [0.25, 0.3) is 0 Å². The molecule has 1 aromatic carbocycles. The molecule has 0 saturated carbocycles. The highest BCUT2D eigenvalue weighted by atomic mass is 35.5. The molecule has 0 aromatic heterocycles. The normalized spacial score (nSPS) is 21.0. The summed E-state index contributed by atoms with van der Waals surface area (Å²) in [4.78, 5) is 5.36. The van der Waals surface area contributed by atoms with Gasteiger partial charge in [-0.05, 0) is 50.5 Å². The first-order valence-electron chi connectivity index (χ1n) is 5.94. The lowest BCUT2D eigenvalue weighted by atomic mass is 9.95. The van der Waals surface area contributed by atoms with E-state index in [4.69, 9.17) is 16.4 Å². The summed E-state index contributed by atoms with van der Waals surface area (Å²) in [5.74, 6) is 0. The first kappa shape index (κ1) is 12.4. The fourth-order valence-electron chi connectivity index (χ4n) is 2.07. The van der Waals surface area contributed by atoms with Crippen LogP contribution in [0.15, 0.2) is 17.3 Å². The van der Waals surface area contributed by atoms with E-state index >= 15 is 0 Å². The average molecular weight is 252 g/mol. The molecule has 2 rings (SSSR count). The van der Waals surface area contributed by atoms with Crippen LogP contribution < -0.4 is 0 Å². The lowest BCUT2D eigenvalue weighted by Crippen LogP contribution is -2.18. The third kappa shape index (κ3) is 2.47. The molecule has 2 unspecified atom stereocenters. The predicted molar refractivity (Wildman–Crippen MR) is 72.0 cm³/mol. The second-order valence-electron chi connectivity index (χ2n) is 4.81. The second-order valence-corrected chi connectivity index (χ2v) is 5.50. The van der Waals surface area contributed by atoms with Gasteiger partial charge in [0.05, 0.1) is 11.1 Å². The molecule has 1 aliphatic rings. The zero-order valence-corrected chi connectivity index (χ0v) is 11.5. The lowest BCUT2D eigenvalue weighted by molar-refractivity contribution is 0.0855. The van der Waals surface area contributed by atoms with Gasteiger partial charge >= 0.3 is 0 Å². The summed E-state index contributed by atoms with van der Waals surface area (Å²) >= 11 is 6.03. The molecule has 1 heterocycles. The highest BCUT2D eigenvalue weighted by Crippen LogP contribution is 2.25. The Morgan fingerprint density at radius 3 is 2.47 bits per heavy atom. The van der Waals surface area contributed by atoms with Crippen LogP contribution in [-0.4, -0.2) is 17.2 Å². The van der Waals surface area contributed by atoms with E-state index in [1.165, 1.54) is 22.3 Å². The van der Waals surface area contributed by atoms with Gasteiger partial charge in [-0.1, -0.05) is 11.2 Å². The van der Waals surface area contributed by atoms with Crippen molar-refractivity contribution in [2.75, 3.05) is 0 Å². The number of oxime groups is 1. The standard InChI is InChI=1S/C14H18ClNO/c1-8-5-10(3)12(6-9(8)2)13-7-14(11(4)15)17-16-13/h5-6,11,14H,7H2,1-4H3. The van der Waals surface area contributed by atoms with Crippen LogP contribution in [0.25, 0.3) is 0 Å². The summed E-state index contributed by atoms with van der Waals surface area (Å²) in [6.07, 6.45) is 0.807. The van der Waals surface area contributed by atoms with Crippen LogP contribution >= 0.6 is 11.6 Å². The molecule has 17 heavy (non-hydrogen) atoms. The van der Waals surface area contributed by atoms with Crippen molar-refractivity contribution in [3.63, 3.8) is 0 Å². The summed E-state index contributed by atoms with van der Waals surface area (Å²) in [6, 6.07) is 4.39. The molecule has 0 saturated heterocycles. The Morgan fingerprint density at radius 2 is 1.88 bits per heavy atom. The van der Waals surface area contributed by atoms with Crippen molar-refractivity contribution in [1.82, 2.24) is 0 Å². The van der Waals surface area contributed by atoms with Crippen LogP contribution in [-0.2, 0) is 4.84 Å². The molecule has 3 heteroatoms. The van der Waals surface area contributed by atoms with E-state index in [0.717, 1.165) is 12.1 Å². The van der Waals surface area contributed by atoms with Crippen LogP contribution in [0.4, 0.5) is 0 Å². The van der Waals surface area contributed by atoms with Gasteiger partial charge in [0.15, 0.2) is 0 Å². The Balaban J connectivity index is 2.28. The number of hydrogen-bond acceptors (Lipinski definition) is 2. The van der Waals surface area contributed by atoms with Crippen molar-refractivity contribution in [3.05, 3.63) is 34.4 Å². The van der Waals surface area contributed by atoms with Gasteiger partial charge in [0.1, 0.15) is 6.10 Å². The molecule has 0 bridgehead atoms. The fraction of sp³-hybridized carbons (Fsp3) is 0.500. The monoisotopic (exact) mass is 251 g/mol. The smallest absolute Gasteiger partial charge is 0.149 e. The lowest BCUT2D eigenvalue weighted by Gasteiger charge is -2.11. The third-order valence-corrected chi connectivity index (χ3v) is 3.64. The number of rotatable bonds is 2. The van der Waals surface area contributed by atoms with Crippen LogP contribution in [0, 0.1) is 20.8 Å². The zero-order valence-electron chi connectivity index (χ0n) is 10.7. The maximum Gasteiger partial charge on any atom is 0.149 e. The number of hydrogen-bond donors (Lipinski definition) is 0. The third-order valence-electron chi connectivity index (χ3n) is 3.36. The van der Waals surface area contributed by atoms with Crippen molar-refractivity contribution in [3.8, 4) is 0 Å². The van der Waals surface area contributed by atoms with Gasteiger partial charge < -0.3 is 4.84 Å². The van der Waals surface area contributed by atoms with Crippen molar-refractivity contribution in [2.45, 2.75) is 45.6 Å². The van der Waals surface area contributed by atoms with Crippen molar-refractivity contribution in [2.24, 2.45) is 5.16 Å². The predicted octanol–water partition coefficient (Wildman–Crippen LogP) is 3.73. The topological polar surface area (TPSA) is 21.6 Å². The highest BCUT2D eigenvalue weighted by molar-refractivity contribution is 6.21. The highest BCUT2D eigenvalue weighted by Gasteiger charge is 2.27. The molecule has 2 atom stereocenters. The molecule has 0 spiro atoms. The van der Waals surface area contributed by atoms with E-state index in [-0.39, 0.29) is 11.5 Å². The minimum Gasteiger partial charge on any atom is -0.390 e. The molecule has 0 aliphatic carbocycles. The van der Waals surface area contributed by atoms with E-state index in [1.54, 1.807) is 0 Å². The number of benzene rings is 1. The Hall–Kier alpha value is -1.02. The summed E-state index contributed by atoms with van der Waals surface area (Å²) in [7, 11) is 0. The first-order valence-corrected chi connectivity index (χ1v) is 6.37. The van der Waals surface area contributed by atoms with Crippen LogP contribution in [0.1, 0.15) is 35.6 Å². The van der Waals surface area contributed by atoms with Gasteiger partial charge in [0.2, 0.25) is 0 Å². The van der Waals surface area contributed by atoms with E-state index in [1.807, 2.05) is 6.92 Å². The van der Waals surface area contributed by atoms with Gasteiger partial charge in [-0.15, -0.1) is 11.6 Å². The largest absolute Gasteiger partial charge is 0.390 e. The van der Waals surface area contributed by atoms with E-state index in [0.29, 0.717) is 0 Å². The van der Waals surface area contributed by atoms with Gasteiger partial charge in [0, 0.05) is 12.0 Å². The Morgan fingerprint density at radius 1 is 1.24 bits per heavy atom. The Kier molecular flexibility index (Phi) is 3.43. The minimum atomic E-state index is -0.0110. The molecule has 0 radical (unpaired) electrons. The van der Waals surface area contributed by atoms with E-state index in [9.17, 15) is 0 Å². The zero-order chi connectivity index (χ0) is 12.6. The van der Waals surface area contributed by atoms with Crippen molar-refractivity contribution >= 4 is 17.3 Å². The van der Waals surface area contributed by atoms with Gasteiger partial charge in [-0.3, -0.25) is 0 Å². The molecule has 92 valence electrons. The molecule has 2 nitrogen and oxygen atoms in total. The number of alkyl halides is 1. The minimum absolute atomic E-state index is 0.00711. The number of aryl methyl sites for hydroxylation is 3. The van der Waals surface area contributed by atoms with Gasteiger partial charge in [-0.25, -0.2) is 0 Å². The molecule has 1 aliphatic heterocycles.